The lowest BCUT2D eigenvalue weighted by Crippen LogP contribution is -2.63. The molecule has 0 bridgehead atoms. The number of hydrogen-bond donors (Lipinski definition) is 3. The summed E-state index contributed by atoms with van der Waals surface area (Å²) in [6.07, 6.45) is -9.61. The maximum Gasteiger partial charge on any atom is 0.406 e. The lowest BCUT2D eigenvalue weighted by molar-refractivity contribution is -0.222. The molecule has 0 amide bonds. The van der Waals surface area contributed by atoms with Crippen molar-refractivity contribution in [2.24, 2.45) is 10.7 Å². The molecule has 6 atom stereocenters. The number of rotatable bonds is 1. The van der Waals surface area contributed by atoms with Crippen molar-refractivity contribution >= 4 is 16.9 Å². The molecule has 4 N–H and O–H groups in total. The van der Waals surface area contributed by atoms with Crippen LogP contribution >= 0.6 is 11.8 Å². The summed E-state index contributed by atoms with van der Waals surface area (Å²) >= 11 is 1.10. The van der Waals surface area contributed by atoms with Gasteiger partial charge >= 0.3 is 6.18 Å². The van der Waals surface area contributed by atoms with Crippen LogP contribution in [0.5, 0.6) is 0 Å². The van der Waals surface area contributed by atoms with Crippen LogP contribution in [0.4, 0.5) is 13.2 Å². The Morgan fingerprint density at radius 3 is 2.45 bits per heavy atom. The van der Waals surface area contributed by atoms with Crippen molar-refractivity contribution in [3.8, 4) is 0 Å². The van der Waals surface area contributed by atoms with Gasteiger partial charge in [0.2, 0.25) is 0 Å². The Morgan fingerprint density at radius 2 is 1.95 bits per heavy atom. The van der Waals surface area contributed by atoms with Gasteiger partial charge in [0.1, 0.15) is 35.8 Å². The van der Waals surface area contributed by atoms with Crippen molar-refractivity contribution in [1.29, 1.82) is 0 Å². The van der Waals surface area contributed by atoms with E-state index in [4.69, 9.17) is 10.5 Å². The molecule has 1 fully saturated rings. The minimum absolute atomic E-state index is 0.521. The fourth-order valence-corrected chi connectivity index (χ4v) is 3.22. The van der Waals surface area contributed by atoms with Gasteiger partial charge in [-0.05, 0) is 0 Å². The molecular formula is C10H16F3N3O3S. The van der Waals surface area contributed by atoms with E-state index in [2.05, 4.69) is 4.99 Å². The number of aliphatic hydroxyl groups is 2. The third-order valence-corrected chi connectivity index (χ3v) is 4.51. The molecule has 116 valence electrons. The molecule has 0 radical (unpaired) electrons. The summed E-state index contributed by atoms with van der Waals surface area (Å²) in [4.78, 5) is 5.80. The molecule has 20 heavy (non-hydrogen) atoms. The van der Waals surface area contributed by atoms with Crippen molar-refractivity contribution in [3.63, 3.8) is 0 Å². The Kier molecular flexibility index (Phi) is 4.22. The first kappa shape index (κ1) is 15.8. The van der Waals surface area contributed by atoms with E-state index in [1.165, 1.54) is 0 Å². The summed E-state index contributed by atoms with van der Waals surface area (Å²) in [7, 11) is 3.43. The van der Waals surface area contributed by atoms with Gasteiger partial charge in [-0.15, -0.1) is 0 Å². The lowest BCUT2D eigenvalue weighted by Gasteiger charge is -2.40. The number of alkyl halides is 3. The number of nitrogens with two attached hydrogens (primary N) is 1. The normalized spacial score (nSPS) is 39.2. The molecule has 2 heterocycles. The number of amidine groups is 1. The highest BCUT2D eigenvalue weighted by Crippen LogP contribution is 2.39. The minimum atomic E-state index is -4.72. The fraction of sp³-hybridized carbons (Fsp3) is 0.900. The Bertz CT molecular complexity index is 407. The molecule has 2 rings (SSSR count). The number of ether oxygens (including phenoxy) is 1. The molecule has 0 saturated carbocycles. The van der Waals surface area contributed by atoms with Gasteiger partial charge in [0, 0.05) is 14.1 Å². The number of fused-ring (bicyclic) bond motifs is 1. The van der Waals surface area contributed by atoms with E-state index in [1.54, 1.807) is 19.0 Å². The minimum Gasteiger partial charge on any atom is -0.388 e. The number of thioether (sulfide) groups is 1. The molecule has 0 unspecified atom stereocenters. The largest absolute Gasteiger partial charge is 0.406 e. The zero-order valence-electron chi connectivity index (χ0n) is 10.8. The van der Waals surface area contributed by atoms with Crippen molar-refractivity contribution in [2.75, 3.05) is 14.1 Å². The summed E-state index contributed by atoms with van der Waals surface area (Å²) in [5.41, 5.74) is 4.29. The summed E-state index contributed by atoms with van der Waals surface area (Å²) in [6.45, 7) is 0. The first-order valence-electron chi connectivity index (χ1n) is 5.88. The molecule has 6 nitrogen and oxygen atoms in total. The van der Waals surface area contributed by atoms with Crippen LogP contribution in [0.15, 0.2) is 4.99 Å². The van der Waals surface area contributed by atoms with Crippen LogP contribution < -0.4 is 5.73 Å². The quantitative estimate of drug-likeness (QED) is 0.596. The molecular weight excluding hydrogens is 299 g/mol. The van der Waals surface area contributed by atoms with Gasteiger partial charge in [-0.3, -0.25) is 4.99 Å². The predicted molar refractivity (Wildman–Crippen MR) is 67.2 cm³/mol. The van der Waals surface area contributed by atoms with Gasteiger partial charge in [-0.1, -0.05) is 11.8 Å². The standard InChI is InChI=1S/C10H16F3N3O3S/c1-16(2)9-15-3-4(17)5(18)6(19-8(3)20-9)7(14)10(11,12)13/h3-8,17-18H,14H2,1-2H3/t3-,4-,5+,6+,7+,8-/m1/s1. The lowest BCUT2D eigenvalue weighted by atomic mass is 9.94. The highest BCUT2D eigenvalue weighted by atomic mass is 32.2. The van der Waals surface area contributed by atoms with E-state index in [0.717, 1.165) is 11.8 Å². The molecule has 0 spiro atoms. The second kappa shape index (κ2) is 5.34. The average Bonchev–Trinajstić information content (AvgIpc) is 2.76. The van der Waals surface area contributed by atoms with Crippen molar-refractivity contribution in [2.45, 2.75) is 42.0 Å². The Balaban J connectivity index is 2.17. The first-order chi connectivity index (χ1) is 9.12. The van der Waals surface area contributed by atoms with Gasteiger partial charge in [0.05, 0.1) is 0 Å². The molecule has 0 aromatic heterocycles. The van der Waals surface area contributed by atoms with Gasteiger partial charge in [0.25, 0.3) is 0 Å². The number of aliphatic imine (C=N–C) groups is 1. The van der Waals surface area contributed by atoms with Crippen molar-refractivity contribution in [1.82, 2.24) is 4.90 Å². The van der Waals surface area contributed by atoms with E-state index in [0.29, 0.717) is 5.17 Å². The molecule has 1 saturated heterocycles. The second-order valence-electron chi connectivity index (χ2n) is 4.93. The van der Waals surface area contributed by atoms with E-state index < -0.39 is 42.0 Å². The Hall–Kier alpha value is -0.550. The van der Waals surface area contributed by atoms with Crippen LogP contribution in [0, 0.1) is 0 Å². The van der Waals surface area contributed by atoms with Crippen molar-refractivity contribution < 1.29 is 28.1 Å². The van der Waals surface area contributed by atoms with Crippen LogP contribution in [-0.2, 0) is 4.74 Å². The SMILES string of the molecule is CN(C)C1=N[C@@H]2[C@@H](O)[C@H](O)[C@@H]([C@H](N)C(F)(F)F)O[C@@H]2S1. The fourth-order valence-electron chi connectivity index (χ4n) is 2.07. The second-order valence-corrected chi connectivity index (χ2v) is 6.00. The zero-order chi connectivity index (χ0) is 15.2. The molecule has 10 heteroatoms. The highest BCUT2D eigenvalue weighted by Gasteiger charge is 2.55. The number of hydrogen-bond acceptors (Lipinski definition) is 7. The summed E-state index contributed by atoms with van der Waals surface area (Å²) in [5, 5.41) is 20.3. The summed E-state index contributed by atoms with van der Waals surface area (Å²) in [5.74, 6) is 0. The van der Waals surface area contributed by atoms with E-state index >= 15 is 0 Å². The van der Waals surface area contributed by atoms with Gasteiger partial charge in [0.15, 0.2) is 5.17 Å². The number of nitrogens with zero attached hydrogens (tertiary/aromatic N) is 2. The Morgan fingerprint density at radius 1 is 1.35 bits per heavy atom. The highest BCUT2D eigenvalue weighted by molar-refractivity contribution is 8.14. The number of aliphatic hydroxyl groups excluding tert-OH is 2. The first-order valence-corrected chi connectivity index (χ1v) is 6.76. The zero-order valence-corrected chi connectivity index (χ0v) is 11.6. The third-order valence-electron chi connectivity index (χ3n) is 3.20. The average molecular weight is 315 g/mol. The van der Waals surface area contributed by atoms with E-state index in [9.17, 15) is 23.4 Å². The van der Waals surface area contributed by atoms with E-state index in [1.807, 2.05) is 0 Å². The molecule has 0 aromatic carbocycles. The third kappa shape index (κ3) is 2.75. The molecule has 0 aromatic rings. The molecule has 0 aliphatic carbocycles. The van der Waals surface area contributed by atoms with E-state index in [-0.39, 0.29) is 0 Å². The smallest absolute Gasteiger partial charge is 0.388 e. The Labute approximate surface area is 117 Å². The molecule has 2 aliphatic rings. The van der Waals surface area contributed by atoms with Crippen LogP contribution in [0.2, 0.25) is 0 Å². The monoisotopic (exact) mass is 315 g/mol. The topological polar surface area (TPSA) is 91.3 Å². The molecule has 2 aliphatic heterocycles. The van der Waals surface area contributed by atoms with Crippen LogP contribution in [0.1, 0.15) is 0 Å². The number of halogens is 3. The predicted octanol–water partition coefficient (Wildman–Crippen LogP) is -0.644. The van der Waals surface area contributed by atoms with Gasteiger partial charge in [-0.2, -0.15) is 13.2 Å². The van der Waals surface area contributed by atoms with Crippen molar-refractivity contribution in [3.05, 3.63) is 0 Å². The maximum atomic E-state index is 12.6. The van der Waals surface area contributed by atoms with Crippen LogP contribution in [0.25, 0.3) is 0 Å². The summed E-state index contributed by atoms with van der Waals surface area (Å²) < 4.78 is 43.2. The summed E-state index contributed by atoms with van der Waals surface area (Å²) in [6, 6.07) is -3.17. The van der Waals surface area contributed by atoms with Crippen LogP contribution in [0.3, 0.4) is 0 Å². The maximum absolute atomic E-state index is 12.6. The van der Waals surface area contributed by atoms with Gasteiger partial charge in [-0.25, -0.2) is 0 Å². The van der Waals surface area contributed by atoms with Crippen LogP contribution in [-0.4, -0.2) is 76.4 Å². The van der Waals surface area contributed by atoms with Gasteiger partial charge < -0.3 is 25.6 Å².